The van der Waals surface area contributed by atoms with Gasteiger partial charge in [-0.15, -0.1) is 0 Å². The lowest BCUT2D eigenvalue weighted by Crippen LogP contribution is -2.22. The van der Waals surface area contributed by atoms with Crippen LogP contribution >= 0.6 is 11.6 Å². The van der Waals surface area contributed by atoms with Gasteiger partial charge in [-0.05, 0) is 36.4 Å². The van der Waals surface area contributed by atoms with E-state index in [1.54, 1.807) is 6.07 Å². The summed E-state index contributed by atoms with van der Waals surface area (Å²) in [6, 6.07) is 9.23. The zero-order chi connectivity index (χ0) is 17.2. The Morgan fingerprint density at radius 2 is 1.87 bits per heavy atom. The SMILES string of the molecule is CN(C)S(=O)(=O)c1cccc(NC(=O)c2ccc(F)cc2Cl)c1. The lowest BCUT2D eigenvalue weighted by Gasteiger charge is -2.13. The van der Waals surface area contributed by atoms with Crippen molar-refractivity contribution in [3.05, 3.63) is 58.9 Å². The molecule has 0 saturated carbocycles. The van der Waals surface area contributed by atoms with Crippen molar-refractivity contribution in [1.82, 2.24) is 4.31 Å². The fourth-order valence-electron chi connectivity index (χ4n) is 1.82. The highest BCUT2D eigenvalue weighted by atomic mass is 35.5. The quantitative estimate of drug-likeness (QED) is 0.915. The molecule has 23 heavy (non-hydrogen) atoms. The zero-order valence-electron chi connectivity index (χ0n) is 12.4. The summed E-state index contributed by atoms with van der Waals surface area (Å²) in [7, 11) is -0.776. The number of rotatable bonds is 4. The van der Waals surface area contributed by atoms with Gasteiger partial charge in [0.25, 0.3) is 5.91 Å². The Morgan fingerprint density at radius 3 is 2.48 bits per heavy atom. The third kappa shape index (κ3) is 3.87. The highest BCUT2D eigenvalue weighted by molar-refractivity contribution is 7.89. The van der Waals surface area contributed by atoms with Crippen molar-refractivity contribution in [3.63, 3.8) is 0 Å². The van der Waals surface area contributed by atoms with Crippen molar-refractivity contribution in [2.24, 2.45) is 0 Å². The third-order valence-corrected chi connectivity index (χ3v) is 5.17. The fraction of sp³-hybridized carbons (Fsp3) is 0.133. The molecule has 0 heterocycles. The predicted molar refractivity (Wildman–Crippen MR) is 86.7 cm³/mol. The smallest absolute Gasteiger partial charge is 0.257 e. The van der Waals surface area contributed by atoms with E-state index in [4.69, 9.17) is 11.6 Å². The van der Waals surface area contributed by atoms with Crippen LogP contribution in [-0.4, -0.2) is 32.7 Å². The van der Waals surface area contributed by atoms with Gasteiger partial charge in [0.15, 0.2) is 0 Å². The van der Waals surface area contributed by atoms with Gasteiger partial charge in [0.2, 0.25) is 10.0 Å². The van der Waals surface area contributed by atoms with Crippen LogP contribution < -0.4 is 5.32 Å². The van der Waals surface area contributed by atoms with Gasteiger partial charge < -0.3 is 5.32 Å². The first-order valence-corrected chi connectivity index (χ1v) is 8.32. The second-order valence-electron chi connectivity index (χ2n) is 4.89. The molecule has 0 unspecified atom stereocenters. The maximum absolute atomic E-state index is 13.0. The van der Waals surface area contributed by atoms with E-state index in [2.05, 4.69) is 5.32 Å². The molecule has 0 aromatic heterocycles. The van der Waals surface area contributed by atoms with Crippen LogP contribution in [-0.2, 0) is 10.0 Å². The van der Waals surface area contributed by atoms with Crippen LogP contribution in [0, 0.1) is 5.82 Å². The zero-order valence-corrected chi connectivity index (χ0v) is 14.0. The van der Waals surface area contributed by atoms with Crippen molar-refractivity contribution >= 4 is 33.2 Å². The molecule has 0 fully saturated rings. The second kappa shape index (κ2) is 6.66. The van der Waals surface area contributed by atoms with Gasteiger partial charge in [0, 0.05) is 19.8 Å². The van der Waals surface area contributed by atoms with Crippen LogP contribution in [0.4, 0.5) is 10.1 Å². The number of hydrogen-bond donors (Lipinski definition) is 1. The van der Waals surface area contributed by atoms with E-state index in [1.807, 2.05) is 0 Å². The largest absolute Gasteiger partial charge is 0.322 e. The molecule has 0 bridgehead atoms. The molecule has 122 valence electrons. The highest BCUT2D eigenvalue weighted by Crippen LogP contribution is 2.21. The summed E-state index contributed by atoms with van der Waals surface area (Å²) in [4.78, 5) is 12.2. The number of benzene rings is 2. The maximum Gasteiger partial charge on any atom is 0.257 e. The highest BCUT2D eigenvalue weighted by Gasteiger charge is 2.18. The van der Waals surface area contributed by atoms with Crippen molar-refractivity contribution < 1.29 is 17.6 Å². The summed E-state index contributed by atoms with van der Waals surface area (Å²) < 4.78 is 38.2. The van der Waals surface area contributed by atoms with Crippen LogP contribution in [0.5, 0.6) is 0 Å². The minimum Gasteiger partial charge on any atom is -0.322 e. The molecule has 2 rings (SSSR count). The third-order valence-electron chi connectivity index (χ3n) is 3.05. The number of nitrogens with one attached hydrogen (secondary N) is 1. The first kappa shape index (κ1) is 17.4. The van der Waals surface area contributed by atoms with Crippen LogP contribution in [0.25, 0.3) is 0 Å². The van der Waals surface area contributed by atoms with Crippen LogP contribution in [0.1, 0.15) is 10.4 Å². The molecular formula is C15H14ClFN2O3S. The van der Waals surface area contributed by atoms with E-state index in [0.29, 0.717) is 5.69 Å². The van der Waals surface area contributed by atoms with Gasteiger partial charge in [-0.2, -0.15) is 0 Å². The Kier molecular flexibility index (Phi) is 5.03. The number of nitrogens with zero attached hydrogens (tertiary/aromatic N) is 1. The molecule has 1 N–H and O–H groups in total. The molecule has 1 amide bonds. The van der Waals surface area contributed by atoms with Crippen molar-refractivity contribution in [3.8, 4) is 0 Å². The Labute approximate surface area is 138 Å². The molecule has 2 aromatic rings. The standard InChI is InChI=1S/C15H14ClFN2O3S/c1-19(2)23(21,22)12-5-3-4-11(9-12)18-15(20)13-7-6-10(17)8-14(13)16/h3-9H,1-2H3,(H,18,20). The van der Waals surface area contributed by atoms with Crippen LogP contribution in [0.3, 0.4) is 0 Å². The van der Waals surface area contributed by atoms with E-state index in [1.165, 1.54) is 38.4 Å². The number of halogens is 2. The Morgan fingerprint density at radius 1 is 1.17 bits per heavy atom. The molecule has 0 atom stereocenters. The van der Waals surface area contributed by atoms with E-state index in [0.717, 1.165) is 16.4 Å². The van der Waals surface area contributed by atoms with Gasteiger partial charge in [-0.1, -0.05) is 17.7 Å². The number of hydrogen-bond acceptors (Lipinski definition) is 3. The number of sulfonamides is 1. The van der Waals surface area contributed by atoms with Crippen LogP contribution in [0.15, 0.2) is 47.4 Å². The molecule has 0 spiro atoms. The summed E-state index contributed by atoms with van der Waals surface area (Å²) >= 11 is 5.83. The average Bonchev–Trinajstić information content (AvgIpc) is 2.47. The van der Waals surface area contributed by atoms with Gasteiger partial charge in [-0.3, -0.25) is 4.79 Å². The van der Waals surface area contributed by atoms with E-state index in [9.17, 15) is 17.6 Å². The first-order valence-electron chi connectivity index (χ1n) is 6.51. The monoisotopic (exact) mass is 356 g/mol. The summed E-state index contributed by atoms with van der Waals surface area (Å²) in [6.07, 6.45) is 0. The minimum atomic E-state index is -3.61. The molecule has 0 radical (unpaired) electrons. The normalized spacial score (nSPS) is 11.5. The minimum absolute atomic E-state index is 0.0282. The molecule has 0 aliphatic carbocycles. The van der Waals surface area contributed by atoms with Gasteiger partial charge in [-0.25, -0.2) is 17.1 Å². The van der Waals surface area contributed by atoms with Crippen molar-refractivity contribution in [2.75, 3.05) is 19.4 Å². The lowest BCUT2D eigenvalue weighted by molar-refractivity contribution is 0.102. The van der Waals surface area contributed by atoms with E-state index in [-0.39, 0.29) is 15.5 Å². The van der Waals surface area contributed by atoms with Crippen molar-refractivity contribution in [1.29, 1.82) is 0 Å². The number of amides is 1. The van der Waals surface area contributed by atoms with Gasteiger partial charge in [0.05, 0.1) is 15.5 Å². The summed E-state index contributed by atoms with van der Waals surface area (Å²) in [5.74, 6) is -1.11. The summed E-state index contributed by atoms with van der Waals surface area (Å²) in [6.45, 7) is 0. The molecule has 0 aliphatic rings. The summed E-state index contributed by atoms with van der Waals surface area (Å²) in [5, 5.41) is 2.51. The molecule has 0 aliphatic heterocycles. The van der Waals surface area contributed by atoms with Crippen molar-refractivity contribution in [2.45, 2.75) is 4.90 Å². The average molecular weight is 357 g/mol. The van der Waals surface area contributed by atoms with Gasteiger partial charge in [0.1, 0.15) is 5.82 Å². The number of carbonyl (C=O) groups is 1. The number of carbonyl (C=O) groups excluding carboxylic acids is 1. The topological polar surface area (TPSA) is 66.5 Å². The maximum atomic E-state index is 13.0. The number of anilines is 1. The Balaban J connectivity index is 2.29. The van der Waals surface area contributed by atoms with Crippen LogP contribution in [0.2, 0.25) is 5.02 Å². The molecule has 8 heteroatoms. The molecule has 5 nitrogen and oxygen atoms in total. The summed E-state index contributed by atoms with van der Waals surface area (Å²) in [5.41, 5.74) is 0.382. The predicted octanol–water partition coefficient (Wildman–Crippen LogP) is 2.98. The van der Waals surface area contributed by atoms with E-state index >= 15 is 0 Å². The van der Waals surface area contributed by atoms with E-state index < -0.39 is 21.7 Å². The fourth-order valence-corrected chi connectivity index (χ4v) is 3.02. The first-order chi connectivity index (χ1) is 10.7. The second-order valence-corrected chi connectivity index (χ2v) is 7.45. The molecule has 2 aromatic carbocycles. The molecular weight excluding hydrogens is 343 g/mol. The van der Waals surface area contributed by atoms with Gasteiger partial charge >= 0.3 is 0 Å². The lowest BCUT2D eigenvalue weighted by atomic mass is 10.2. The molecule has 0 saturated heterocycles. The Bertz CT molecular complexity index is 854. The Hall–Kier alpha value is -1.96.